The lowest BCUT2D eigenvalue weighted by Crippen LogP contribution is -2.47. The molecule has 1 saturated heterocycles. The molecule has 0 aliphatic carbocycles. The van der Waals surface area contributed by atoms with Crippen molar-refractivity contribution in [1.29, 1.82) is 0 Å². The minimum atomic E-state index is 0.365. The highest BCUT2D eigenvalue weighted by molar-refractivity contribution is 4.88. The first-order valence-corrected chi connectivity index (χ1v) is 8.92. The molecule has 1 heterocycles. The topological polar surface area (TPSA) is 15.3 Å². The SMILES string of the molecule is CCCCCCCCN1CC(C(C)(C)C)NCCC1C. The van der Waals surface area contributed by atoms with Crippen molar-refractivity contribution in [3.05, 3.63) is 0 Å². The van der Waals surface area contributed by atoms with E-state index in [0.717, 1.165) is 6.04 Å². The molecule has 2 atom stereocenters. The highest BCUT2D eigenvalue weighted by Crippen LogP contribution is 2.23. The van der Waals surface area contributed by atoms with Gasteiger partial charge in [0.15, 0.2) is 0 Å². The molecule has 2 heteroatoms. The summed E-state index contributed by atoms with van der Waals surface area (Å²) < 4.78 is 0. The first-order chi connectivity index (χ1) is 9.45. The molecule has 1 N–H and O–H groups in total. The van der Waals surface area contributed by atoms with Gasteiger partial charge in [-0.1, -0.05) is 59.8 Å². The Morgan fingerprint density at radius 3 is 2.35 bits per heavy atom. The van der Waals surface area contributed by atoms with Crippen LogP contribution in [0.15, 0.2) is 0 Å². The Morgan fingerprint density at radius 1 is 1.05 bits per heavy atom. The highest BCUT2D eigenvalue weighted by atomic mass is 15.2. The van der Waals surface area contributed by atoms with Gasteiger partial charge in [-0.2, -0.15) is 0 Å². The minimum Gasteiger partial charge on any atom is -0.312 e. The summed E-state index contributed by atoms with van der Waals surface area (Å²) in [6.07, 6.45) is 9.71. The number of nitrogens with zero attached hydrogens (tertiary/aromatic N) is 1. The number of hydrogen-bond donors (Lipinski definition) is 1. The van der Waals surface area contributed by atoms with Crippen LogP contribution in [0.4, 0.5) is 0 Å². The van der Waals surface area contributed by atoms with Gasteiger partial charge in [0.1, 0.15) is 0 Å². The van der Waals surface area contributed by atoms with Crippen LogP contribution >= 0.6 is 0 Å². The Hall–Kier alpha value is -0.0800. The van der Waals surface area contributed by atoms with Gasteiger partial charge < -0.3 is 5.32 Å². The molecule has 0 radical (unpaired) electrons. The molecule has 0 aromatic rings. The van der Waals surface area contributed by atoms with Crippen molar-refractivity contribution in [1.82, 2.24) is 10.2 Å². The van der Waals surface area contributed by atoms with E-state index in [0.29, 0.717) is 11.5 Å². The predicted octanol–water partition coefficient (Wildman–Crippen LogP) is 4.45. The molecule has 1 fully saturated rings. The van der Waals surface area contributed by atoms with Crippen molar-refractivity contribution in [3.63, 3.8) is 0 Å². The zero-order valence-electron chi connectivity index (χ0n) is 14.7. The Bertz CT molecular complexity index is 244. The van der Waals surface area contributed by atoms with Crippen molar-refractivity contribution in [2.75, 3.05) is 19.6 Å². The van der Waals surface area contributed by atoms with E-state index in [1.54, 1.807) is 0 Å². The summed E-state index contributed by atoms with van der Waals surface area (Å²) >= 11 is 0. The van der Waals surface area contributed by atoms with E-state index < -0.39 is 0 Å². The van der Waals surface area contributed by atoms with Crippen molar-refractivity contribution in [2.24, 2.45) is 5.41 Å². The second kappa shape index (κ2) is 9.04. The Kier molecular flexibility index (Phi) is 8.13. The van der Waals surface area contributed by atoms with E-state index in [1.165, 1.54) is 64.6 Å². The molecule has 0 bridgehead atoms. The van der Waals surface area contributed by atoms with Gasteiger partial charge >= 0.3 is 0 Å². The average molecular weight is 283 g/mol. The fraction of sp³-hybridized carbons (Fsp3) is 1.00. The summed E-state index contributed by atoms with van der Waals surface area (Å²) in [5.41, 5.74) is 0.365. The zero-order valence-corrected chi connectivity index (χ0v) is 14.7. The molecule has 120 valence electrons. The summed E-state index contributed by atoms with van der Waals surface area (Å²) in [5, 5.41) is 3.76. The molecule has 1 rings (SSSR count). The molecule has 0 saturated carbocycles. The zero-order chi connectivity index (χ0) is 15.0. The molecule has 0 aromatic heterocycles. The molecule has 0 aromatic carbocycles. The quantitative estimate of drug-likeness (QED) is 0.694. The van der Waals surface area contributed by atoms with E-state index in [4.69, 9.17) is 0 Å². The largest absolute Gasteiger partial charge is 0.312 e. The van der Waals surface area contributed by atoms with Crippen molar-refractivity contribution in [3.8, 4) is 0 Å². The first kappa shape index (κ1) is 18.0. The van der Waals surface area contributed by atoms with Crippen LogP contribution in [0, 0.1) is 5.41 Å². The van der Waals surface area contributed by atoms with Gasteiger partial charge in [0, 0.05) is 18.6 Å². The van der Waals surface area contributed by atoms with Gasteiger partial charge in [-0.05, 0) is 38.3 Å². The van der Waals surface area contributed by atoms with Gasteiger partial charge in [0.05, 0.1) is 0 Å². The second-order valence-electron chi connectivity index (χ2n) is 7.77. The van der Waals surface area contributed by atoms with Gasteiger partial charge in [-0.15, -0.1) is 0 Å². The fourth-order valence-corrected chi connectivity index (χ4v) is 3.11. The van der Waals surface area contributed by atoms with Crippen LogP contribution in [0.3, 0.4) is 0 Å². The Balaban J connectivity index is 2.33. The average Bonchev–Trinajstić information content (AvgIpc) is 2.56. The maximum atomic E-state index is 3.76. The lowest BCUT2D eigenvalue weighted by atomic mass is 9.86. The van der Waals surface area contributed by atoms with Crippen LogP contribution in [0.5, 0.6) is 0 Å². The summed E-state index contributed by atoms with van der Waals surface area (Å²) in [6.45, 7) is 15.5. The summed E-state index contributed by atoms with van der Waals surface area (Å²) in [4.78, 5) is 2.73. The summed E-state index contributed by atoms with van der Waals surface area (Å²) in [6, 6.07) is 1.37. The number of hydrogen-bond acceptors (Lipinski definition) is 2. The van der Waals surface area contributed by atoms with E-state index in [1.807, 2.05) is 0 Å². The van der Waals surface area contributed by atoms with E-state index in [2.05, 4.69) is 44.8 Å². The highest BCUT2D eigenvalue weighted by Gasteiger charge is 2.30. The fourth-order valence-electron chi connectivity index (χ4n) is 3.11. The molecule has 2 nitrogen and oxygen atoms in total. The molecule has 2 unspecified atom stereocenters. The van der Waals surface area contributed by atoms with Crippen LogP contribution in [-0.2, 0) is 0 Å². The van der Waals surface area contributed by atoms with Gasteiger partial charge in [0.25, 0.3) is 0 Å². The maximum absolute atomic E-state index is 3.76. The van der Waals surface area contributed by atoms with Crippen LogP contribution in [0.25, 0.3) is 0 Å². The molecule has 20 heavy (non-hydrogen) atoms. The van der Waals surface area contributed by atoms with Gasteiger partial charge in [-0.25, -0.2) is 0 Å². The van der Waals surface area contributed by atoms with Crippen LogP contribution in [0.1, 0.15) is 79.6 Å². The monoisotopic (exact) mass is 282 g/mol. The number of nitrogens with one attached hydrogen (secondary N) is 1. The van der Waals surface area contributed by atoms with E-state index >= 15 is 0 Å². The number of rotatable bonds is 7. The predicted molar refractivity (Wildman–Crippen MR) is 90.3 cm³/mol. The van der Waals surface area contributed by atoms with Crippen molar-refractivity contribution in [2.45, 2.75) is 91.6 Å². The molecule has 0 spiro atoms. The Morgan fingerprint density at radius 2 is 1.70 bits per heavy atom. The van der Waals surface area contributed by atoms with Gasteiger partial charge in [0.2, 0.25) is 0 Å². The first-order valence-electron chi connectivity index (χ1n) is 8.92. The summed E-state index contributed by atoms with van der Waals surface area (Å²) in [5.74, 6) is 0. The lowest BCUT2D eigenvalue weighted by molar-refractivity contribution is 0.161. The van der Waals surface area contributed by atoms with Crippen molar-refractivity contribution >= 4 is 0 Å². The lowest BCUT2D eigenvalue weighted by Gasteiger charge is -2.35. The Labute approximate surface area is 127 Å². The van der Waals surface area contributed by atoms with E-state index in [-0.39, 0.29) is 0 Å². The minimum absolute atomic E-state index is 0.365. The normalized spacial score (nSPS) is 25.6. The molecule has 1 aliphatic rings. The standard InChI is InChI=1S/C18H38N2/c1-6-7-8-9-10-11-14-20-15-17(18(3,4)5)19-13-12-16(20)2/h16-17,19H,6-15H2,1-5H3. The molecular weight excluding hydrogens is 244 g/mol. The third-order valence-corrected chi connectivity index (χ3v) is 4.84. The molecule has 1 aliphatic heterocycles. The maximum Gasteiger partial charge on any atom is 0.0243 e. The van der Waals surface area contributed by atoms with Crippen LogP contribution in [0.2, 0.25) is 0 Å². The molecule has 0 amide bonds. The van der Waals surface area contributed by atoms with Crippen LogP contribution < -0.4 is 5.32 Å². The smallest absolute Gasteiger partial charge is 0.0243 e. The third kappa shape index (κ3) is 6.58. The van der Waals surface area contributed by atoms with Crippen molar-refractivity contribution < 1.29 is 0 Å². The third-order valence-electron chi connectivity index (χ3n) is 4.84. The van der Waals surface area contributed by atoms with E-state index in [9.17, 15) is 0 Å². The number of unbranched alkanes of at least 4 members (excludes halogenated alkanes) is 5. The van der Waals surface area contributed by atoms with Gasteiger partial charge in [-0.3, -0.25) is 4.90 Å². The molecular formula is C18H38N2. The summed E-state index contributed by atoms with van der Waals surface area (Å²) in [7, 11) is 0. The van der Waals surface area contributed by atoms with Crippen LogP contribution in [-0.4, -0.2) is 36.6 Å². The second-order valence-corrected chi connectivity index (χ2v) is 7.77.